The second-order valence-electron chi connectivity index (χ2n) is 5.09. The number of carbonyl (C=O) groups excluding carboxylic acids is 1. The molecule has 3 aromatic rings. The fourth-order valence-corrected chi connectivity index (χ4v) is 3.04. The molecular formula is C17H15ClN4OS. The number of hydrogen-bond acceptors (Lipinski definition) is 4. The van der Waals surface area contributed by atoms with E-state index in [4.69, 9.17) is 11.6 Å². The maximum Gasteiger partial charge on any atom is 0.250 e. The smallest absolute Gasteiger partial charge is 0.250 e. The van der Waals surface area contributed by atoms with Crippen molar-refractivity contribution >= 4 is 40.1 Å². The van der Waals surface area contributed by atoms with Crippen molar-refractivity contribution < 1.29 is 4.79 Å². The minimum atomic E-state index is -0.253. The van der Waals surface area contributed by atoms with Gasteiger partial charge in [0.05, 0.1) is 12.2 Å². The van der Waals surface area contributed by atoms with Gasteiger partial charge in [-0.25, -0.2) is 9.67 Å². The zero-order valence-corrected chi connectivity index (χ0v) is 14.5. The van der Waals surface area contributed by atoms with Gasteiger partial charge in [0.25, 0.3) is 0 Å². The molecule has 3 rings (SSSR count). The minimum Gasteiger partial charge on any atom is -0.298 e. The van der Waals surface area contributed by atoms with Gasteiger partial charge in [0.1, 0.15) is 5.15 Å². The molecule has 0 atom stereocenters. The molecule has 0 radical (unpaired) electrons. The van der Waals surface area contributed by atoms with Gasteiger partial charge >= 0.3 is 0 Å². The van der Waals surface area contributed by atoms with E-state index in [9.17, 15) is 4.79 Å². The first-order chi connectivity index (χ1) is 11.6. The van der Waals surface area contributed by atoms with Gasteiger partial charge in [-0.1, -0.05) is 41.9 Å². The van der Waals surface area contributed by atoms with Crippen LogP contribution in [0.25, 0.3) is 6.08 Å². The first kappa shape index (κ1) is 16.4. The molecule has 0 spiro atoms. The molecule has 1 aromatic carbocycles. The van der Waals surface area contributed by atoms with Gasteiger partial charge in [-0.2, -0.15) is 5.10 Å². The van der Waals surface area contributed by atoms with Crippen LogP contribution in [0.3, 0.4) is 0 Å². The Hall–Kier alpha value is -2.44. The van der Waals surface area contributed by atoms with Gasteiger partial charge in [-0.15, -0.1) is 11.3 Å². The predicted molar refractivity (Wildman–Crippen MR) is 97.3 cm³/mol. The third-order valence-corrected chi connectivity index (χ3v) is 4.44. The monoisotopic (exact) mass is 358 g/mol. The first-order valence-electron chi connectivity index (χ1n) is 7.29. The summed E-state index contributed by atoms with van der Waals surface area (Å²) in [6.07, 6.45) is 4.75. The molecule has 7 heteroatoms. The average molecular weight is 359 g/mol. The van der Waals surface area contributed by atoms with Crippen molar-refractivity contribution in [2.24, 2.45) is 0 Å². The van der Waals surface area contributed by atoms with E-state index >= 15 is 0 Å². The number of carbonyl (C=O) groups is 1. The lowest BCUT2D eigenvalue weighted by Gasteiger charge is -2.03. The number of anilines is 1. The predicted octanol–water partition coefficient (Wildman–Crippen LogP) is 4.00. The van der Waals surface area contributed by atoms with Gasteiger partial charge < -0.3 is 0 Å². The largest absolute Gasteiger partial charge is 0.298 e. The van der Waals surface area contributed by atoms with Crippen LogP contribution in [0.1, 0.15) is 16.8 Å². The topological polar surface area (TPSA) is 59.8 Å². The van der Waals surface area contributed by atoms with E-state index in [1.54, 1.807) is 22.3 Å². The molecule has 0 unspecified atom stereocenters. The van der Waals surface area contributed by atoms with Gasteiger partial charge in [0.2, 0.25) is 5.91 Å². The van der Waals surface area contributed by atoms with Crippen LogP contribution < -0.4 is 5.32 Å². The number of hydrogen-bond donors (Lipinski definition) is 1. The van der Waals surface area contributed by atoms with Gasteiger partial charge in [-0.3, -0.25) is 10.1 Å². The molecule has 0 bridgehead atoms. The molecule has 0 aliphatic heterocycles. The van der Waals surface area contributed by atoms with Crippen molar-refractivity contribution in [3.8, 4) is 0 Å². The lowest BCUT2D eigenvalue weighted by atomic mass is 10.2. The van der Waals surface area contributed by atoms with E-state index in [1.807, 2.05) is 37.3 Å². The van der Waals surface area contributed by atoms with Crippen molar-refractivity contribution in [2.75, 3.05) is 5.32 Å². The summed E-state index contributed by atoms with van der Waals surface area (Å²) in [5.74, 6) is -0.253. The van der Waals surface area contributed by atoms with E-state index in [-0.39, 0.29) is 5.91 Å². The summed E-state index contributed by atoms with van der Waals surface area (Å²) >= 11 is 7.78. The standard InChI is InChI=1S/C17H15ClN4OS/c1-12-14(7-8-15(23)20-17-19-9-10-24-17)16(18)22(21-12)11-13-5-3-2-4-6-13/h2-10H,11H2,1H3,(H,19,20,23)/b8-7+. The normalized spacial score (nSPS) is 11.1. The van der Waals surface area contributed by atoms with Crippen molar-refractivity contribution in [1.82, 2.24) is 14.8 Å². The average Bonchev–Trinajstić information content (AvgIpc) is 3.16. The van der Waals surface area contributed by atoms with Gasteiger partial charge in [-0.05, 0) is 18.6 Å². The van der Waals surface area contributed by atoms with Gasteiger partial charge in [0, 0.05) is 23.2 Å². The van der Waals surface area contributed by atoms with Crippen LogP contribution >= 0.6 is 22.9 Å². The molecule has 2 heterocycles. The maximum atomic E-state index is 11.9. The molecule has 1 N–H and O–H groups in total. The van der Waals surface area contributed by atoms with Crippen LogP contribution in [0, 0.1) is 6.92 Å². The molecular weight excluding hydrogens is 344 g/mol. The molecule has 122 valence electrons. The summed E-state index contributed by atoms with van der Waals surface area (Å²) in [5, 5.41) is 10.0. The Morgan fingerprint density at radius 2 is 2.17 bits per heavy atom. The number of aromatic nitrogens is 3. The quantitative estimate of drug-likeness (QED) is 0.701. The SMILES string of the molecule is Cc1nn(Cc2ccccc2)c(Cl)c1/C=C/C(=O)Nc1nccs1. The lowest BCUT2D eigenvalue weighted by Crippen LogP contribution is -2.07. The molecule has 0 aliphatic carbocycles. The molecule has 24 heavy (non-hydrogen) atoms. The summed E-state index contributed by atoms with van der Waals surface area (Å²) in [4.78, 5) is 15.9. The Balaban J connectivity index is 1.74. The highest BCUT2D eigenvalue weighted by molar-refractivity contribution is 7.13. The maximum absolute atomic E-state index is 11.9. The molecule has 1 amide bonds. The van der Waals surface area contributed by atoms with Crippen molar-refractivity contribution in [1.29, 1.82) is 0 Å². The Morgan fingerprint density at radius 1 is 1.38 bits per heavy atom. The lowest BCUT2D eigenvalue weighted by molar-refractivity contribution is -0.111. The van der Waals surface area contributed by atoms with E-state index in [0.29, 0.717) is 16.8 Å². The van der Waals surface area contributed by atoms with E-state index < -0.39 is 0 Å². The fraction of sp³-hybridized carbons (Fsp3) is 0.118. The molecule has 0 aliphatic rings. The third-order valence-electron chi connectivity index (χ3n) is 3.35. The summed E-state index contributed by atoms with van der Waals surface area (Å²) in [7, 11) is 0. The van der Waals surface area contributed by atoms with E-state index in [1.165, 1.54) is 17.4 Å². The Morgan fingerprint density at radius 3 is 2.88 bits per heavy atom. The van der Waals surface area contributed by atoms with Crippen molar-refractivity contribution in [2.45, 2.75) is 13.5 Å². The van der Waals surface area contributed by atoms with Crippen molar-refractivity contribution in [3.63, 3.8) is 0 Å². The number of amides is 1. The number of halogens is 1. The van der Waals surface area contributed by atoms with Crippen LogP contribution in [0.15, 0.2) is 48.0 Å². The number of nitrogens with one attached hydrogen (secondary N) is 1. The second kappa shape index (κ2) is 7.42. The Kier molecular flexibility index (Phi) is 5.08. The van der Waals surface area contributed by atoms with Crippen LogP contribution in [0.2, 0.25) is 5.15 Å². The fourth-order valence-electron chi connectivity index (χ4n) is 2.21. The summed E-state index contributed by atoms with van der Waals surface area (Å²) in [6.45, 7) is 2.45. The first-order valence-corrected chi connectivity index (χ1v) is 8.54. The summed E-state index contributed by atoms with van der Waals surface area (Å²) < 4.78 is 1.73. The number of aryl methyl sites for hydroxylation is 1. The van der Waals surface area contributed by atoms with Crippen LogP contribution in [0.4, 0.5) is 5.13 Å². The van der Waals surface area contributed by atoms with Crippen LogP contribution in [-0.2, 0) is 11.3 Å². The highest BCUT2D eigenvalue weighted by Crippen LogP contribution is 2.22. The Labute approximate surface area is 148 Å². The van der Waals surface area contributed by atoms with Gasteiger partial charge in [0.15, 0.2) is 5.13 Å². The minimum absolute atomic E-state index is 0.253. The summed E-state index contributed by atoms with van der Waals surface area (Å²) in [6, 6.07) is 9.95. The zero-order valence-electron chi connectivity index (χ0n) is 12.9. The number of nitrogens with zero attached hydrogens (tertiary/aromatic N) is 3. The number of benzene rings is 1. The van der Waals surface area contributed by atoms with E-state index in [2.05, 4.69) is 15.4 Å². The highest BCUT2D eigenvalue weighted by Gasteiger charge is 2.12. The third kappa shape index (κ3) is 3.90. The Bertz CT molecular complexity index is 856. The van der Waals surface area contributed by atoms with E-state index in [0.717, 1.165) is 16.8 Å². The molecule has 0 saturated heterocycles. The van der Waals surface area contributed by atoms with Crippen LogP contribution in [-0.4, -0.2) is 20.7 Å². The second-order valence-corrected chi connectivity index (χ2v) is 6.35. The highest BCUT2D eigenvalue weighted by atomic mass is 35.5. The summed E-state index contributed by atoms with van der Waals surface area (Å²) in [5.41, 5.74) is 2.62. The number of rotatable bonds is 5. The van der Waals surface area contributed by atoms with Crippen molar-refractivity contribution in [3.05, 3.63) is 70.0 Å². The number of thiazole rings is 1. The molecule has 0 fully saturated rings. The molecule has 2 aromatic heterocycles. The zero-order chi connectivity index (χ0) is 16.9. The molecule has 0 saturated carbocycles. The molecule has 5 nitrogen and oxygen atoms in total. The van der Waals surface area contributed by atoms with Crippen LogP contribution in [0.5, 0.6) is 0 Å².